The predicted octanol–water partition coefficient (Wildman–Crippen LogP) is 1.62. The Bertz CT molecular complexity index is 577. The van der Waals surface area contributed by atoms with Crippen LogP contribution >= 0.6 is 0 Å². The van der Waals surface area contributed by atoms with Crippen molar-refractivity contribution in [3.8, 4) is 12.3 Å². The van der Waals surface area contributed by atoms with Crippen LogP contribution in [-0.4, -0.2) is 29.2 Å². The average molecular weight is 272 g/mol. The number of para-hydroxylation sites is 1. The van der Waals surface area contributed by atoms with Crippen molar-refractivity contribution in [1.82, 2.24) is 5.32 Å². The van der Waals surface area contributed by atoms with Gasteiger partial charge in [-0.25, -0.2) is 9.59 Å². The number of rotatable bonds is 3. The molecule has 2 N–H and O–H groups in total. The number of carboxylic acid groups (broad SMARTS) is 1. The highest BCUT2D eigenvalue weighted by Crippen LogP contribution is 2.32. The van der Waals surface area contributed by atoms with Gasteiger partial charge < -0.3 is 10.4 Å². The van der Waals surface area contributed by atoms with E-state index in [-0.39, 0.29) is 0 Å². The third-order valence-corrected chi connectivity index (χ3v) is 3.39. The molecule has 2 amide bonds. The highest BCUT2D eigenvalue weighted by atomic mass is 16.4. The number of nitrogens with one attached hydrogen (secondary N) is 1. The summed E-state index contributed by atoms with van der Waals surface area (Å²) >= 11 is 0. The molecule has 1 heterocycles. The SMILES string of the molecule is C#CC(CC)NC(=O)N1c2ccccc2CC1C(=O)O. The number of amides is 2. The maximum atomic E-state index is 12.3. The molecule has 1 aromatic carbocycles. The molecule has 0 aliphatic carbocycles. The van der Waals surface area contributed by atoms with E-state index >= 15 is 0 Å². The van der Waals surface area contributed by atoms with Crippen molar-refractivity contribution in [3.05, 3.63) is 29.8 Å². The van der Waals surface area contributed by atoms with Gasteiger partial charge >= 0.3 is 12.0 Å². The zero-order chi connectivity index (χ0) is 14.7. The van der Waals surface area contributed by atoms with Crippen LogP contribution in [0.1, 0.15) is 18.9 Å². The smallest absolute Gasteiger partial charge is 0.327 e. The molecule has 0 saturated carbocycles. The lowest BCUT2D eigenvalue weighted by atomic mass is 10.1. The summed E-state index contributed by atoms with van der Waals surface area (Å²) in [5.41, 5.74) is 1.48. The molecule has 0 aromatic heterocycles. The van der Waals surface area contributed by atoms with Crippen LogP contribution in [0.25, 0.3) is 0 Å². The van der Waals surface area contributed by atoms with Crippen LogP contribution in [0.2, 0.25) is 0 Å². The molecule has 5 nitrogen and oxygen atoms in total. The topological polar surface area (TPSA) is 69.6 Å². The molecule has 5 heteroatoms. The third kappa shape index (κ3) is 2.45. The van der Waals surface area contributed by atoms with Crippen molar-refractivity contribution < 1.29 is 14.7 Å². The van der Waals surface area contributed by atoms with Crippen molar-refractivity contribution in [1.29, 1.82) is 0 Å². The van der Waals surface area contributed by atoms with Crippen molar-refractivity contribution in [2.75, 3.05) is 4.90 Å². The summed E-state index contributed by atoms with van der Waals surface area (Å²) in [6, 6.07) is 5.43. The Morgan fingerprint density at radius 3 is 2.85 bits per heavy atom. The second-order valence-corrected chi connectivity index (χ2v) is 4.63. The number of carboxylic acids is 1. The number of hydrogen-bond donors (Lipinski definition) is 2. The Morgan fingerprint density at radius 2 is 2.25 bits per heavy atom. The molecule has 1 aliphatic rings. The first-order valence-corrected chi connectivity index (χ1v) is 6.45. The maximum absolute atomic E-state index is 12.3. The Labute approximate surface area is 117 Å². The number of terminal acetylenes is 1. The minimum Gasteiger partial charge on any atom is -0.480 e. The van der Waals surface area contributed by atoms with Crippen LogP contribution < -0.4 is 10.2 Å². The molecule has 1 aliphatic heterocycles. The van der Waals surface area contributed by atoms with Crippen LogP contribution in [-0.2, 0) is 11.2 Å². The van der Waals surface area contributed by atoms with Gasteiger partial charge in [-0.05, 0) is 18.1 Å². The first kappa shape index (κ1) is 13.9. The number of carbonyl (C=O) groups excluding carboxylic acids is 1. The van der Waals surface area contributed by atoms with E-state index in [1.165, 1.54) is 4.90 Å². The first-order valence-electron chi connectivity index (χ1n) is 6.45. The van der Waals surface area contributed by atoms with Crippen LogP contribution in [0, 0.1) is 12.3 Å². The number of nitrogens with zero attached hydrogens (tertiary/aromatic N) is 1. The summed E-state index contributed by atoms with van der Waals surface area (Å²) in [5.74, 6) is 1.45. The molecule has 1 aromatic rings. The Kier molecular flexibility index (Phi) is 3.94. The Balaban J connectivity index is 2.29. The molecule has 2 rings (SSSR count). The second-order valence-electron chi connectivity index (χ2n) is 4.63. The molecule has 0 saturated heterocycles. The van der Waals surface area contributed by atoms with Gasteiger partial charge in [-0.15, -0.1) is 6.42 Å². The van der Waals surface area contributed by atoms with Gasteiger partial charge in [0.25, 0.3) is 0 Å². The third-order valence-electron chi connectivity index (χ3n) is 3.39. The van der Waals surface area contributed by atoms with Gasteiger partial charge in [0.1, 0.15) is 6.04 Å². The van der Waals surface area contributed by atoms with Crippen molar-refractivity contribution in [2.45, 2.75) is 31.8 Å². The number of fused-ring (bicyclic) bond motifs is 1. The van der Waals surface area contributed by atoms with E-state index in [0.717, 1.165) is 5.56 Å². The number of anilines is 1. The molecule has 0 bridgehead atoms. The standard InChI is InChI=1S/C15H16N2O3/c1-3-11(4-2)16-15(20)17-12-8-6-5-7-10(12)9-13(17)14(18)19/h1,5-8,11,13H,4,9H2,2H3,(H,16,20)(H,18,19). The van der Waals surface area contributed by atoms with Gasteiger partial charge in [-0.2, -0.15) is 0 Å². The minimum atomic E-state index is -1.02. The van der Waals surface area contributed by atoms with Crippen molar-refractivity contribution >= 4 is 17.7 Å². The number of urea groups is 1. The number of aliphatic carboxylic acids is 1. The average Bonchev–Trinajstić information content (AvgIpc) is 2.84. The van der Waals surface area contributed by atoms with Gasteiger partial charge in [0.2, 0.25) is 0 Å². The maximum Gasteiger partial charge on any atom is 0.327 e. The van der Waals surface area contributed by atoms with Crippen LogP contribution in [0.5, 0.6) is 0 Å². The molecule has 104 valence electrons. The van der Waals surface area contributed by atoms with E-state index in [1.54, 1.807) is 12.1 Å². The summed E-state index contributed by atoms with van der Waals surface area (Å²) in [4.78, 5) is 24.9. The predicted molar refractivity (Wildman–Crippen MR) is 75.5 cm³/mol. The quantitative estimate of drug-likeness (QED) is 0.822. The van der Waals surface area contributed by atoms with Crippen LogP contribution in [0.4, 0.5) is 10.5 Å². The second kappa shape index (κ2) is 5.66. The van der Waals surface area contributed by atoms with Gasteiger partial charge in [-0.3, -0.25) is 4.90 Å². The molecule has 0 radical (unpaired) electrons. The summed E-state index contributed by atoms with van der Waals surface area (Å²) < 4.78 is 0. The Morgan fingerprint density at radius 1 is 1.55 bits per heavy atom. The zero-order valence-electron chi connectivity index (χ0n) is 11.2. The number of benzene rings is 1. The summed E-state index contributed by atoms with van der Waals surface area (Å²) in [6.45, 7) is 1.86. The first-order chi connectivity index (χ1) is 9.58. The normalized spacial score (nSPS) is 18.0. The lowest BCUT2D eigenvalue weighted by molar-refractivity contribution is -0.138. The fourth-order valence-electron chi connectivity index (χ4n) is 2.31. The highest BCUT2D eigenvalue weighted by Gasteiger charge is 2.38. The molecular weight excluding hydrogens is 256 g/mol. The van der Waals surface area contributed by atoms with Crippen LogP contribution in [0.3, 0.4) is 0 Å². The van der Waals surface area contributed by atoms with E-state index in [4.69, 9.17) is 6.42 Å². The van der Waals surface area contributed by atoms with E-state index in [1.807, 2.05) is 19.1 Å². The zero-order valence-corrected chi connectivity index (χ0v) is 11.2. The van der Waals surface area contributed by atoms with Gasteiger partial charge in [0.15, 0.2) is 0 Å². The molecular formula is C15H16N2O3. The Hall–Kier alpha value is -2.48. The largest absolute Gasteiger partial charge is 0.480 e. The van der Waals surface area contributed by atoms with E-state index in [9.17, 15) is 14.7 Å². The lowest BCUT2D eigenvalue weighted by Crippen LogP contribution is -2.50. The summed E-state index contributed by atoms with van der Waals surface area (Å²) in [6.07, 6.45) is 6.22. The van der Waals surface area contributed by atoms with Gasteiger partial charge in [0.05, 0.1) is 6.04 Å². The van der Waals surface area contributed by atoms with Gasteiger partial charge in [-0.1, -0.05) is 31.0 Å². The highest BCUT2D eigenvalue weighted by molar-refractivity contribution is 6.01. The monoisotopic (exact) mass is 272 g/mol. The van der Waals surface area contributed by atoms with Crippen molar-refractivity contribution in [2.24, 2.45) is 0 Å². The summed E-state index contributed by atoms with van der Waals surface area (Å²) in [7, 11) is 0. The van der Waals surface area contributed by atoms with E-state index < -0.39 is 24.1 Å². The molecule has 2 unspecified atom stereocenters. The molecule has 20 heavy (non-hydrogen) atoms. The number of carbonyl (C=O) groups is 2. The van der Waals surface area contributed by atoms with Crippen LogP contribution in [0.15, 0.2) is 24.3 Å². The van der Waals surface area contributed by atoms with Crippen molar-refractivity contribution in [3.63, 3.8) is 0 Å². The van der Waals surface area contributed by atoms with E-state index in [2.05, 4.69) is 11.2 Å². The molecule has 0 spiro atoms. The van der Waals surface area contributed by atoms with E-state index in [0.29, 0.717) is 18.5 Å². The molecule has 0 fully saturated rings. The molecule has 2 atom stereocenters. The minimum absolute atomic E-state index is 0.311. The summed E-state index contributed by atoms with van der Waals surface area (Å²) in [5, 5.41) is 12.0. The fraction of sp³-hybridized carbons (Fsp3) is 0.333. The number of hydrogen-bond acceptors (Lipinski definition) is 2. The van der Waals surface area contributed by atoms with Gasteiger partial charge in [0, 0.05) is 12.1 Å². The fourth-order valence-corrected chi connectivity index (χ4v) is 2.31. The lowest BCUT2D eigenvalue weighted by Gasteiger charge is -2.24.